The molecule has 0 aliphatic carbocycles. The summed E-state index contributed by atoms with van der Waals surface area (Å²) in [4.78, 5) is 7.21. The Morgan fingerprint density at radius 1 is 0.696 bits per heavy atom. The average Bonchev–Trinajstić information content (AvgIpc) is 2.57. The van der Waals surface area contributed by atoms with Crippen molar-refractivity contribution < 1.29 is 0 Å². The van der Waals surface area contributed by atoms with Crippen LogP contribution in [0.15, 0.2) is 41.1 Å². The van der Waals surface area contributed by atoms with E-state index in [4.69, 9.17) is 0 Å². The molecule has 0 saturated carbocycles. The van der Waals surface area contributed by atoms with Crippen LogP contribution >= 0.6 is 15.9 Å². The van der Waals surface area contributed by atoms with Crippen LogP contribution in [0.25, 0.3) is 11.4 Å². The van der Waals surface area contributed by atoms with Gasteiger partial charge in [-0.3, -0.25) is 0 Å². The largest absolute Gasteiger partial charge is 0.345 e. The maximum absolute atomic E-state index is 4.16. The molecular weight excluding hydrogens is 370 g/mol. The molecule has 0 amide bonds. The van der Waals surface area contributed by atoms with Gasteiger partial charge in [-0.15, -0.1) is 0 Å². The highest BCUT2D eigenvalue weighted by Crippen LogP contribution is 2.24. The van der Waals surface area contributed by atoms with Crippen molar-refractivity contribution in [2.75, 3.05) is 0 Å². The molecule has 1 heterocycles. The van der Waals surface area contributed by atoms with Crippen LogP contribution < -0.4 is 67.7 Å². The molecule has 0 spiro atoms. The lowest BCUT2D eigenvalue weighted by Crippen LogP contribution is -1.80. The van der Waals surface area contributed by atoms with Crippen molar-refractivity contribution in [3.8, 4) is 11.4 Å². The van der Waals surface area contributed by atoms with Crippen LogP contribution in [0.2, 0.25) is 0 Å². The van der Waals surface area contributed by atoms with Crippen LogP contribution in [0.1, 0.15) is 0 Å². The van der Waals surface area contributed by atoms with Gasteiger partial charge < -0.3 is 72.6 Å². The Kier molecular flexibility index (Phi) is 96.4. The summed E-state index contributed by atoms with van der Waals surface area (Å²) in [6, 6.07) is 7.99. The van der Waals surface area contributed by atoms with Crippen molar-refractivity contribution in [1.29, 1.82) is 0 Å². The van der Waals surface area contributed by atoms with Crippen LogP contribution in [0, 0.1) is 0 Å². The summed E-state index contributed by atoms with van der Waals surface area (Å²) in [5.74, 6) is 0.891. The van der Waals surface area contributed by atoms with Gasteiger partial charge in [-0.25, -0.2) is 4.98 Å². The molecule has 0 radical (unpaired) electrons. The number of rotatable bonds is 1. The fraction of sp³-hybridized carbons (Fsp3) is 0. The van der Waals surface area contributed by atoms with Crippen LogP contribution in [0.5, 0.6) is 0 Å². The zero-order chi connectivity index (χ0) is 8.39. The number of aromatic nitrogens is 2. The number of H-pyrrole nitrogens is 1. The van der Waals surface area contributed by atoms with E-state index in [-0.39, 0.29) is 67.7 Å². The summed E-state index contributed by atoms with van der Waals surface area (Å²) in [5, 5.41) is 0. The van der Waals surface area contributed by atoms with E-state index in [1.165, 1.54) is 0 Å². The minimum atomic E-state index is 0. The first-order valence-corrected chi connectivity index (χ1v) is 4.41. The van der Waals surface area contributed by atoms with Crippen LogP contribution in [0.3, 0.4) is 0 Å². The van der Waals surface area contributed by atoms with E-state index in [2.05, 4.69) is 25.9 Å². The Morgan fingerprint density at radius 3 is 1.48 bits per heavy atom. The Bertz CT molecular complexity index is 383. The van der Waals surface area contributed by atoms with Crippen LogP contribution in [-0.2, 0) is 0 Å². The van der Waals surface area contributed by atoms with Gasteiger partial charge in [0, 0.05) is 22.4 Å². The van der Waals surface area contributed by atoms with Gasteiger partial charge in [0.25, 0.3) is 0 Å². The van der Waals surface area contributed by atoms with Gasteiger partial charge in [-0.1, -0.05) is 34.1 Å². The van der Waals surface area contributed by atoms with Gasteiger partial charge in [0.05, 0.1) is 0 Å². The third-order valence-corrected chi connectivity index (χ3v) is 2.32. The second-order valence-electron chi connectivity index (χ2n) is 2.42. The monoisotopic (exact) mass is 409 g/mol. The van der Waals surface area contributed by atoms with E-state index >= 15 is 0 Å². The molecule has 14 heteroatoms. The molecule has 0 aliphatic heterocycles. The lowest BCUT2D eigenvalue weighted by molar-refractivity contribution is 1.30. The van der Waals surface area contributed by atoms with Crippen molar-refractivity contribution in [3.05, 3.63) is 41.1 Å². The van der Waals surface area contributed by atoms with Crippen molar-refractivity contribution in [1.82, 2.24) is 77.6 Å². The van der Waals surface area contributed by atoms with E-state index in [0.717, 1.165) is 15.9 Å². The molecule has 2 rings (SSSR count). The summed E-state index contributed by atoms with van der Waals surface area (Å²) in [6.45, 7) is 0. The van der Waals surface area contributed by atoms with Crippen LogP contribution in [-0.4, -0.2) is 9.97 Å². The summed E-state index contributed by atoms with van der Waals surface area (Å²) >= 11 is 3.46. The molecule has 0 fully saturated rings. The number of hydrogen-bond donors (Lipinski definition) is 12. The van der Waals surface area contributed by atoms with E-state index in [0.29, 0.717) is 0 Å². The van der Waals surface area contributed by atoms with Gasteiger partial charge in [0.2, 0.25) is 0 Å². The molecule has 2 aromatic rings. The molecule has 34 N–H and O–H groups in total. The van der Waals surface area contributed by atoms with E-state index in [1.54, 1.807) is 6.20 Å². The molecule has 1 aromatic carbocycles. The van der Waals surface area contributed by atoms with Gasteiger partial charge in [0.1, 0.15) is 5.82 Å². The first-order chi connectivity index (χ1) is 5.88. The SMILES string of the molecule is Brc1ccccc1-c1ncc[nH]1.N.N.N.N.N.N.N.N.N.N.N. The molecule has 148 valence electrons. The van der Waals surface area contributed by atoms with Gasteiger partial charge >= 0.3 is 0 Å². The lowest BCUT2D eigenvalue weighted by atomic mass is 10.2. The number of nitrogens with one attached hydrogen (secondary N) is 1. The first kappa shape index (κ1) is 68.4. The topological polar surface area (TPSA) is 414 Å². The zero-order valence-corrected chi connectivity index (χ0v) is 15.7. The Labute approximate surface area is 146 Å². The van der Waals surface area contributed by atoms with Crippen LogP contribution in [0.4, 0.5) is 0 Å². The number of hydrogen-bond acceptors (Lipinski definition) is 12. The maximum atomic E-state index is 4.16. The Balaban J connectivity index is -0.0000000192. The van der Waals surface area contributed by atoms with E-state index < -0.39 is 0 Å². The summed E-state index contributed by atoms with van der Waals surface area (Å²) in [6.07, 6.45) is 3.56. The number of aromatic amines is 1. The second kappa shape index (κ2) is 32.4. The third kappa shape index (κ3) is 16.7. The molecule has 23 heavy (non-hydrogen) atoms. The number of nitrogens with zero attached hydrogens (tertiary/aromatic N) is 1. The number of benzene rings is 1. The van der Waals surface area contributed by atoms with Crippen molar-refractivity contribution in [2.24, 2.45) is 0 Å². The fourth-order valence-corrected chi connectivity index (χ4v) is 1.54. The smallest absolute Gasteiger partial charge is 0.138 e. The predicted molar refractivity (Wildman–Crippen MR) is 107 cm³/mol. The molecule has 0 aliphatic rings. The average molecular weight is 410 g/mol. The summed E-state index contributed by atoms with van der Waals surface area (Å²) < 4.78 is 1.06. The minimum absolute atomic E-state index is 0. The maximum Gasteiger partial charge on any atom is 0.138 e. The highest BCUT2D eigenvalue weighted by molar-refractivity contribution is 9.10. The first-order valence-electron chi connectivity index (χ1n) is 3.62. The van der Waals surface area contributed by atoms with E-state index in [1.807, 2.05) is 30.5 Å². The summed E-state index contributed by atoms with van der Waals surface area (Å²) in [5.41, 5.74) is 1.09. The second-order valence-corrected chi connectivity index (χ2v) is 3.27. The third-order valence-electron chi connectivity index (χ3n) is 1.63. The van der Waals surface area contributed by atoms with Crippen molar-refractivity contribution in [3.63, 3.8) is 0 Å². The standard InChI is InChI=1S/C9H7BrN2.11H3N/c10-8-4-2-1-3-7(8)9-11-5-6-12-9;;;;;;;;;;;/h1-6H,(H,11,12);11*1H3. The molecule has 0 unspecified atom stereocenters. The highest BCUT2D eigenvalue weighted by atomic mass is 79.9. The van der Waals surface area contributed by atoms with Crippen molar-refractivity contribution in [2.45, 2.75) is 0 Å². The minimum Gasteiger partial charge on any atom is -0.345 e. The Morgan fingerprint density at radius 2 is 1.13 bits per heavy atom. The Hall–Kier alpha value is -1.53. The fourth-order valence-electron chi connectivity index (χ4n) is 1.07. The number of imidazole rings is 1. The molecule has 0 atom stereocenters. The van der Waals surface area contributed by atoms with Gasteiger partial charge in [-0.2, -0.15) is 0 Å². The zero-order valence-electron chi connectivity index (χ0n) is 14.1. The number of halogens is 1. The normalized spacial score (nSPS) is 5.26. The molecule has 1 aromatic heterocycles. The molecule has 0 bridgehead atoms. The van der Waals surface area contributed by atoms with Gasteiger partial charge in [-0.05, 0) is 6.07 Å². The van der Waals surface area contributed by atoms with Crippen molar-refractivity contribution >= 4 is 15.9 Å². The quantitative estimate of drug-likeness (QED) is 0.306. The van der Waals surface area contributed by atoms with E-state index in [9.17, 15) is 0 Å². The molecule has 13 nitrogen and oxygen atoms in total. The summed E-state index contributed by atoms with van der Waals surface area (Å²) in [7, 11) is 0. The van der Waals surface area contributed by atoms with Gasteiger partial charge in [0.15, 0.2) is 0 Å². The molecular formula is C9H40BrN13. The highest BCUT2D eigenvalue weighted by Gasteiger charge is 2.02. The lowest BCUT2D eigenvalue weighted by Gasteiger charge is -1.98. The molecule has 0 saturated heterocycles. The predicted octanol–water partition coefficient (Wildman–Crippen LogP) is 4.62.